The molecule has 1 amide bonds. The van der Waals surface area contributed by atoms with E-state index in [9.17, 15) is 4.79 Å². The number of carbonyl (C=O) groups is 1. The Hall–Kier alpha value is -1.31. The Morgan fingerprint density at radius 2 is 2.00 bits per heavy atom. The summed E-state index contributed by atoms with van der Waals surface area (Å²) in [5, 5.41) is 3.01. The molecule has 2 rings (SSSR count). The molecule has 2 heteroatoms. The van der Waals surface area contributed by atoms with Crippen molar-refractivity contribution in [2.75, 3.05) is 0 Å². The number of benzene rings is 1. The molecule has 0 saturated heterocycles. The highest BCUT2D eigenvalue weighted by Gasteiger charge is 2.25. The molecule has 1 aromatic rings. The largest absolute Gasteiger partial charge is 0.353 e. The van der Waals surface area contributed by atoms with Crippen LogP contribution in [0.1, 0.15) is 31.2 Å². The van der Waals surface area contributed by atoms with E-state index < -0.39 is 0 Å². The summed E-state index contributed by atoms with van der Waals surface area (Å²) in [6, 6.07) is 10.4. The molecule has 0 aliphatic heterocycles. The van der Waals surface area contributed by atoms with Crippen molar-refractivity contribution in [1.29, 1.82) is 0 Å². The van der Waals surface area contributed by atoms with Crippen molar-refractivity contribution in [2.24, 2.45) is 0 Å². The monoisotopic (exact) mass is 189 g/mol. The Kier molecular flexibility index (Phi) is 2.53. The lowest BCUT2D eigenvalue weighted by molar-refractivity contribution is -0.122. The van der Waals surface area contributed by atoms with Gasteiger partial charge in [0.05, 0.1) is 5.92 Å². The van der Waals surface area contributed by atoms with Gasteiger partial charge < -0.3 is 5.32 Å². The van der Waals surface area contributed by atoms with Crippen molar-refractivity contribution in [3.8, 4) is 0 Å². The molecular weight excluding hydrogens is 174 g/mol. The van der Waals surface area contributed by atoms with E-state index in [2.05, 4.69) is 5.32 Å². The normalized spacial score (nSPS) is 17.5. The smallest absolute Gasteiger partial charge is 0.227 e. The molecule has 1 aliphatic rings. The van der Waals surface area contributed by atoms with Crippen LogP contribution in [-0.2, 0) is 4.79 Å². The first-order valence-corrected chi connectivity index (χ1v) is 5.12. The second kappa shape index (κ2) is 3.82. The van der Waals surface area contributed by atoms with Crippen molar-refractivity contribution in [3.05, 3.63) is 35.9 Å². The van der Waals surface area contributed by atoms with Crippen LogP contribution in [0.2, 0.25) is 0 Å². The van der Waals surface area contributed by atoms with E-state index in [4.69, 9.17) is 0 Å². The predicted octanol–water partition coefficient (Wildman–Crippen LogP) is 2.07. The molecule has 1 aliphatic carbocycles. The molecule has 0 aromatic heterocycles. The third kappa shape index (κ3) is 2.13. The lowest BCUT2D eigenvalue weighted by atomic mass is 10.0. The molecule has 0 bridgehead atoms. The lowest BCUT2D eigenvalue weighted by Crippen LogP contribution is -2.29. The summed E-state index contributed by atoms with van der Waals surface area (Å²) in [7, 11) is 0. The van der Waals surface area contributed by atoms with Crippen molar-refractivity contribution in [1.82, 2.24) is 5.32 Å². The molecular formula is C12H15NO. The maximum Gasteiger partial charge on any atom is 0.227 e. The van der Waals surface area contributed by atoms with Crippen LogP contribution in [0, 0.1) is 0 Å². The van der Waals surface area contributed by atoms with E-state index in [1.807, 2.05) is 37.3 Å². The fourth-order valence-electron chi connectivity index (χ4n) is 1.45. The SMILES string of the molecule is C[C@@H](C(=O)NC1CC1)c1ccccc1. The average molecular weight is 189 g/mol. The Bertz CT molecular complexity index is 316. The second-order valence-electron chi connectivity index (χ2n) is 3.92. The van der Waals surface area contributed by atoms with Crippen LogP contribution in [0.25, 0.3) is 0 Å². The Morgan fingerprint density at radius 3 is 2.57 bits per heavy atom. The highest BCUT2D eigenvalue weighted by molar-refractivity contribution is 5.83. The summed E-state index contributed by atoms with van der Waals surface area (Å²) < 4.78 is 0. The Labute approximate surface area is 84.3 Å². The van der Waals surface area contributed by atoms with E-state index in [1.165, 1.54) is 0 Å². The summed E-state index contributed by atoms with van der Waals surface area (Å²) in [4.78, 5) is 11.7. The van der Waals surface area contributed by atoms with E-state index in [0.29, 0.717) is 6.04 Å². The highest BCUT2D eigenvalue weighted by Crippen LogP contribution is 2.21. The van der Waals surface area contributed by atoms with Gasteiger partial charge in [0.2, 0.25) is 5.91 Å². The zero-order chi connectivity index (χ0) is 9.97. The minimum absolute atomic E-state index is 0.0307. The molecule has 14 heavy (non-hydrogen) atoms. The van der Waals surface area contributed by atoms with E-state index in [-0.39, 0.29) is 11.8 Å². The third-order valence-electron chi connectivity index (χ3n) is 2.62. The zero-order valence-corrected chi connectivity index (χ0v) is 8.36. The number of amides is 1. The predicted molar refractivity (Wildman–Crippen MR) is 56.0 cm³/mol. The van der Waals surface area contributed by atoms with E-state index in [1.54, 1.807) is 0 Å². The van der Waals surface area contributed by atoms with Crippen LogP contribution in [-0.4, -0.2) is 11.9 Å². The number of hydrogen-bond acceptors (Lipinski definition) is 1. The molecule has 0 heterocycles. The maximum absolute atomic E-state index is 11.7. The van der Waals surface area contributed by atoms with Crippen LogP contribution in [0.3, 0.4) is 0 Å². The first-order chi connectivity index (χ1) is 6.77. The van der Waals surface area contributed by atoms with Crippen LogP contribution < -0.4 is 5.32 Å². The van der Waals surface area contributed by atoms with Gasteiger partial charge in [0, 0.05) is 6.04 Å². The van der Waals surface area contributed by atoms with Crippen LogP contribution in [0.4, 0.5) is 0 Å². The Balaban J connectivity index is 1.99. The minimum Gasteiger partial charge on any atom is -0.353 e. The second-order valence-corrected chi connectivity index (χ2v) is 3.92. The van der Waals surface area contributed by atoms with Gasteiger partial charge >= 0.3 is 0 Å². The summed E-state index contributed by atoms with van der Waals surface area (Å²) in [5.41, 5.74) is 1.09. The number of rotatable bonds is 3. The molecule has 1 atom stereocenters. The molecule has 1 fully saturated rings. The standard InChI is InChI=1S/C12H15NO/c1-9(10-5-3-2-4-6-10)12(14)13-11-7-8-11/h2-6,9,11H,7-8H2,1H3,(H,13,14)/t9-/m1/s1. The molecule has 0 spiro atoms. The fourth-order valence-corrected chi connectivity index (χ4v) is 1.45. The van der Waals surface area contributed by atoms with Gasteiger partial charge in [-0.05, 0) is 25.3 Å². The fraction of sp³-hybridized carbons (Fsp3) is 0.417. The first-order valence-electron chi connectivity index (χ1n) is 5.12. The summed E-state index contributed by atoms with van der Waals surface area (Å²) >= 11 is 0. The van der Waals surface area contributed by atoms with Crippen LogP contribution >= 0.6 is 0 Å². The van der Waals surface area contributed by atoms with Gasteiger partial charge in [0.1, 0.15) is 0 Å². The molecule has 74 valence electrons. The topological polar surface area (TPSA) is 29.1 Å². The highest BCUT2D eigenvalue weighted by atomic mass is 16.1. The van der Waals surface area contributed by atoms with Gasteiger partial charge in [-0.15, -0.1) is 0 Å². The minimum atomic E-state index is -0.0307. The zero-order valence-electron chi connectivity index (χ0n) is 8.36. The van der Waals surface area contributed by atoms with Crippen molar-refractivity contribution >= 4 is 5.91 Å². The van der Waals surface area contributed by atoms with E-state index in [0.717, 1.165) is 18.4 Å². The molecule has 1 N–H and O–H groups in total. The van der Waals surface area contributed by atoms with Gasteiger partial charge in [-0.2, -0.15) is 0 Å². The number of carbonyl (C=O) groups excluding carboxylic acids is 1. The summed E-state index contributed by atoms with van der Waals surface area (Å²) in [6.45, 7) is 1.95. The van der Waals surface area contributed by atoms with Gasteiger partial charge in [0.25, 0.3) is 0 Å². The van der Waals surface area contributed by atoms with Gasteiger partial charge in [0.15, 0.2) is 0 Å². The van der Waals surface area contributed by atoms with Crippen molar-refractivity contribution in [3.63, 3.8) is 0 Å². The van der Waals surface area contributed by atoms with Crippen molar-refractivity contribution < 1.29 is 4.79 Å². The third-order valence-corrected chi connectivity index (χ3v) is 2.62. The number of hydrogen-bond donors (Lipinski definition) is 1. The van der Waals surface area contributed by atoms with Crippen molar-refractivity contribution in [2.45, 2.75) is 31.7 Å². The van der Waals surface area contributed by atoms with Crippen LogP contribution in [0.5, 0.6) is 0 Å². The average Bonchev–Trinajstić information content (AvgIpc) is 3.02. The van der Waals surface area contributed by atoms with Gasteiger partial charge in [-0.3, -0.25) is 4.79 Å². The van der Waals surface area contributed by atoms with Crippen LogP contribution in [0.15, 0.2) is 30.3 Å². The molecule has 1 aromatic carbocycles. The molecule has 1 saturated carbocycles. The lowest BCUT2D eigenvalue weighted by Gasteiger charge is -2.11. The molecule has 0 radical (unpaired) electrons. The van der Waals surface area contributed by atoms with Gasteiger partial charge in [-0.25, -0.2) is 0 Å². The van der Waals surface area contributed by atoms with Gasteiger partial charge in [-0.1, -0.05) is 30.3 Å². The van der Waals surface area contributed by atoms with E-state index >= 15 is 0 Å². The molecule has 0 unspecified atom stereocenters. The number of nitrogens with one attached hydrogen (secondary N) is 1. The summed E-state index contributed by atoms with van der Waals surface area (Å²) in [6.07, 6.45) is 2.29. The summed E-state index contributed by atoms with van der Waals surface area (Å²) in [5.74, 6) is 0.121. The Morgan fingerprint density at radius 1 is 1.36 bits per heavy atom. The maximum atomic E-state index is 11.7. The first kappa shape index (κ1) is 9.25. The quantitative estimate of drug-likeness (QED) is 0.774. The molecule has 2 nitrogen and oxygen atoms in total.